The van der Waals surface area contributed by atoms with Crippen molar-refractivity contribution in [2.75, 3.05) is 0 Å². The molecule has 6 nitrogen and oxygen atoms in total. The fraction of sp³-hybridized carbons (Fsp3) is 0. The second kappa shape index (κ2) is 17.6. The minimum atomic E-state index is -3.37. The van der Waals surface area contributed by atoms with E-state index in [1.54, 1.807) is 0 Å². The molecule has 0 N–H and O–H groups in total. The van der Waals surface area contributed by atoms with Gasteiger partial charge in [-0.25, -0.2) is 0 Å². The van der Waals surface area contributed by atoms with Crippen LogP contribution < -0.4 is 19.6 Å². The van der Waals surface area contributed by atoms with Gasteiger partial charge in [-0.2, -0.15) is 0 Å². The topological polar surface area (TPSA) is 126 Å². The van der Waals surface area contributed by atoms with Gasteiger partial charge in [0.1, 0.15) is 0 Å². The average molecular weight is 240 g/mol. The third-order valence-electron chi connectivity index (χ3n) is 0. The Kier molecular flexibility index (Phi) is 40.3. The van der Waals surface area contributed by atoms with Crippen LogP contribution in [0.3, 0.4) is 0 Å². The molecular formula is H2Ca2O6P2. The van der Waals surface area contributed by atoms with E-state index in [1.165, 1.54) is 0 Å². The van der Waals surface area contributed by atoms with E-state index >= 15 is 0 Å². The van der Waals surface area contributed by atoms with Gasteiger partial charge in [0, 0.05) is 0 Å². The standard InChI is InChI=1S/2Ca.2HO3P.2H/c;;2*1-4(2)3;;/h;;2*(H,1,2,3);;/q2*+2;;;2*-1/p-2. The molecule has 0 fully saturated rings. The molecule has 0 saturated carbocycles. The zero-order valence-corrected chi connectivity index (χ0v) is 11.0. The molecule has 0 radical (unpaired) electrons. The van der Waals surface area contributed by atoms with Gasteiger partial charge in [0.2, 0.25) is 0 Å². The Morgan fingerprint density at radius 1 is 0.800 bits per heavy atom. The normalized spacial score (nSPS) is 5.20. The third kappa shape index (κ3) is 147. The summed E-state index contributed by atoms with van der Waals surface area (Å²) in [5, 5.41) is 0. The first-order valence-electron chi connectivity index (χ1n) is 1.10. The fourth-order valence-electron chi connectivity index (χ4n) is 0. The average Bonchev–Trinajstić information content (AvgIpc) is 1.25. The van der Waals surface area contributed by atoms with Crippen molar-refractivity contribution >= 4 is 92.0 Å². The Morgan fingerprint density at radius 2 is 0.800 bits per heavy atom. The largest absolute Gasteiger partial charge is 2.00 e. The van der Waals surface area contributed by atoms with E-state index < -0.39 is 16.5 Å². The zero-order chi connectivity index (χ0) is 7.15. The molecule has 52 valence electrons. The minimum absolute atomic E-state index is 0. The van der Waals surface area contributed by atoms with Gasteiger partial charge in [-0.05, 0) is 0 Å². The number of hydrogen-bond donors (Lipinski definition) is 0. The summed E-state index contributed by atoms with van der Waals surface area (Å²) in [6, 6.07) is 0. The van der Waals surface area contributed by atoms with E-state index in [0.29, 0.717) is 0 Å². The second-order valence-corrected chi connectivity index (χ2v) is 1.34. The Hall–Kier alpha value is 2.56. The predicted molar refractivity (Wildman–Crippen MR) is 28.9 cm³/mol. The van der Waals surface area contributed by atoms with Crippen LogP contribution in [0.2, 0.25) is 0 Å². The van der Waals surface area contributed by atoms with E-state index in [2.05, 4.69) is 0 Å². The molecule has 0 amide bonds. The fourth-order valence-corrected chi connectivity index (χ4v) is 0. The van der Waals surface area contributed by atoms with Crippen LogP contribution in [0.15, 0.2) is 0 Å². The van der Waals surface area contributed by atoms with Gasteiger partial charge >= 0.3 is 75.5 Å². The summed E-state index contributed by atoms with van der Waals surface area (Å²) in [5.41, 5.74) is 0. The molecule has 10 heteroatoms. The first-order chi connectivity index (χ1) is 3.46. The molecule has 10 heavy (non-hydrogen) atoms. The minimum Gasteiger partial charge on any atom is -1.00 e. The maximum atomic E-state index is 8.48. The van der Waals surface area contributed by atoms with Crippen molar-refractivity contribution in [1.82, 2.24) is 0 Å². The van der Waals surface area contributed by atoms with Gasteiger partial charge in [0.25, 0.3) is 16.5 Å². The smallest absolute Gasteiger partial charge is 1.00 e. The quantitative estimate of drug-likeness (QED) is 0.315. The molecule has 0 unspecified atom stereocenters. The van der Waals surface area contributed by atoms with E-state index in [-0.39, 0.29) is 78.3 Å². The summed E-state index contributed by atoms with van der Waals surface area (Å²) in [6.07, 6.45) is 0. The van der Waals surface area contributed by atoms with Crippen LogP contribution in [0.1, 0.15) is 2.85 Å². The van der Waals surface area contributed by atoms with Crippen LogP contribution in [-0.4, -0.2) is 75.5 Å². The molecule has 0 aliphatic rings. The SMILES string of the molecule is O=[P+]([O-])[O-].O=[P+]([O-])[O-].[Ca+2].[Ca+2].[H-].[H-]. The second-order valence-electron chi connectivity index (χ2n) is 0.447. The first kappa shape index (κ1) is 22.9. The van der Waals surface area contributed by atoms with E-state index in [0.717, 1.165) is 0 Å². The zero-order valence-electron chi connectivity index (χ0n) is 6.76. The molecule has 0 aliphatic carbocycles. The van der Waals surface area contributed by atoms with Crippen LogP contribution in [-0.2, 0) is 9.13 Å². The molecule has 0 aromatic heterocycles. The van der Waals surface area contributed by atoms with Crippen LogP contribution in [0.4, 0.5) is 0 Å². The van der Waals surface area contributed by atoms with Crippen molar-refractivity contribution in [3.8, 4) is 0 Å². The summed E-state index contributed by atoms with van der Waals surface area (Å²) < 4.78 is 17.0. The van der Waals surface area contributed by atoms with Crippen LogP contribution in [0.5, 0.6) is 0 Å². The van der Waals surface area contributed by atoms with Gasteiger partial charge in [-0.15, -0.1) is 0 Å². The molecule has 0 spiro atoms. The first-order valence-corrected chi connectivity index (χ1v) is 3.29. The Morgan fingerprint density at radius 3 is 0.800 bits per heavy atom. The molecule has 0 bridgehead atoms. The molecule has 0 saturated heterocycles. The van der Waals surface area contributed by atoms with Gasteiger partial charge in [-0.3, -0.25) is 0 Å². The van der Waals surface area contributed by atoms with E-state index in [9.17, 15) is 0 Å². The summed E-state index contributed by atoms with van der Waals surface area (Å²) in [5.74, 6) is 0. The third-order valence-corrected chi connectivity index (χ3v) is 0. The Labute approximate surface area is 122 Å². The van der Waals surface area contributed by atoms with Crippen molar-refractivity contribution in [2.24, 2.45) is 0 Å². The van der Waals surface area contributed by atoms with Crippen LogP contribution in [0, 0.1) is 0 Å². The number of hydrogen-bond acceptors (Lipinski definition) is 6. The summed E-state index contributed by atoms with van der Waals surface area (Å²) in [7, 11) is -6.74. The van der Waals surface area contributed by atoms with Crippen molar-refractivity contribution in [1.29, 1.82) is 0 Å². The van der Waals surface area contributed by atoms with E-state index in [4.69, 9.17) is 28.7 Å². The molecule has 0 aromatic carbocycles. The van der Waals surface area contributed by atoms with Gasteiger partial charge in [-0.1, -0.05) is 9.13 Å². The van der Waals surface area contributed by atoms with Crippen molar-refractivity contribution in [2.45, 2.75) is 0 Å². The van der Waals surface area contributed by atoms with Crippen LogP contribution >= 0.6 is 16.5 Å². The maximum absolute atomic E-state index is 8.48. The monoisotopic (exact) mass is 240 g/mol. The summed E-state index contributed by atoms with van der Waals surface area (Å²) >= 11 is 0. The molecular weight excluding hydrogens is 238 g/mol. The summed E-state index contributed by atoms with van der Waals surface area (Å²) in [4.78, 5) is 33.9. The van der Waals surface area contributed by atoms with Crippen LogP contribution in [0.25, 0.3) is 0 Å². The van der Waals surface area contributed by atoms with Gasteiger partial charge < -0.3 is 22.4 Å². The molecule has 0 aliphatic heterocycles. The summed E-state index contributed by atoms with van der Waals surface area (Å²) in [6.45, 7) is 0. The van der Waals surface area contributed by atoms with Crippen molar-refractivity contribution < 1.29 is 31.6 Å². The van der Waals surface area contributed by atoms with E-state index in [1.807, 2.05) is 0 Å². The maximum Gasteiger partial charge on any atom is 2.00 e. The van der Waals surface area contributed by atoms with Crippen molar-refractivity contribution in [3.63, 3.8) is 0 Å². The predicted octanol–water partition coefficient (Wildman–Crippen LogP) is -3.81. The number of rotatable bonds is 0. The van der Waals surface area contributed by atoms with Crippen molar-refractivity contribution in [3.05, 3.63) is 0 Å². The van der Waals surface area contributed by atoms with Gasteiger partial charge in [0.05, 0.1) is 0 Å². The van der Waals surface area contributed by atoms with Gasteiger partial charge in [0.15, 0.2) is 0 Å². The molecule has 0 atom stereocenters. The molecule has 0 heterocycles. The Balaban J connectivity index is -0.0000000112. The molecule has 0 aromatic rings. The molecule has 0 rings (SSSR count). The Bertz CT molecular complexity index is 79.5.